The average Bonchev–Trinajstić information content (AvgIpc) is 2.55. The van der Waals surface area contributed by atoms with E-state index >= 15 is 0 Å². The summed E-state index contributed by atoms with van der Waals surface area (Å²) in [6, 6.07) is 18.4. The Bertz CT molecular complexity index is 603. The van der Waals surface area contributed by atoms with Crippen molar-refractivity contribution in [1.82, 2.24) is 0 Å². The molecule has 0 aliphatic rings. The first kappa shape index (κ1) is 19.9. The van der Waals surface area contributed by atoms with Gasteiger partial charge in [-0.15, -0.1) is 0 Å². The van der Waals surface area contributed by atoms with Gasteiger partial charge in [0.05, 0.1) is 0 Å². The Morgan fingerprint density at radius 2 is 1.46 bits per heavy atom. The molecule has 2 aromatic rings. The second-order valence-corrected chi connectivity index (χ2v) is 6.69. The number of aliphatic carboxylic acids is 1. The Labute approximate surface area is 145 Å². The highest BCUT2D eigenvalue weighted by Gasteiger charge is 2.06. The molecular formula is C21H29NO2. The summed E-state index contributed by atoms with van der Waals surface area (Å²) in [5.41, 5.74) is 7.27. The maximum absolute atomic E-state index is 10.7. The van der Waals surface area contributed by atoms with Crippen LogP contribution in [0.25, 0.3) is 0 Å². The van der Waals surface area contributed by atoms with Gasteiger partial charge in [0.15, 0.2) is 0 Å². The standard InChI is InChI=1S/C13H18O2.C8H11N/c1-9(2)8-11-4-6-12(7-5-11)10(3)13(14)15;1-7(9)8-5-3-2-4-6-8/h4-7,9-10H,8H2,1-3H3,(H,14,15);2-7H,9H2,1H3/t10-;7-/m00/s1. The second-order valence-electron chi connectivity index (χ2n) is 6.69. The number of hydrogen-bond acceptors (Lipinski definition) is 2. The van der Waals surface area contributed by atoms with Gasteiger partial charge in [-0.2, -0.15) is 0 Å². The van der Waals surface area contributed by atoms with Crippen molar-refractivity contribution in [2.24, 2.45) is 5.92 Å². The molecule has 0 spiro atoms. The van der Waals surface area contributed by atoms with Gasteiger partial charge in [0.2, 0.25) is 0 Å². The zero-order chi connectivity index (χ0) is 18.1. The van der Waals surface area contributed by atoms with Gasteiger partial charge in [0.1, 0.15) is 6.04 Å². The fraction of sp³-hybridized carbons (Fsp3) is 0.381. The highest BCUT2D eigenvalue weighted by molar-refractivity contribution is 5.73. The molecule has 3 heteroatoms. The Hall–Kier alpha value is -2.13. The molecule has 0 amide bonds. The molecule has 2 rings (SSSR count). The van der Waals surface area contributed by atoms with Crippen LogP contribution in [0.4, 0.5) is 0 Å². The van der Waals surface area contributed by atoms with Crippen LogP contribution >= 0.6 is 0 Å². The van der Waals surface area contributed by atoms with Crippen molar-refractivity contribution >= 4 is 5.97 Å². The van der Waals surface area contributed by atoms with Gasteiger partial charge in [0.25, 0.3) is 0 Å². The molecule has 24 heavy (non-hydrogen) atoms. The summed E-state index contributed by atoms with van der Waals surface area (Å²) in [5.74, 6) is -0.931. The molecule has 0 aliphatic carbocycles. The number of carbonyl (C=O) groups is 1. The Balaban J connectivity index is 0.000000272. The van der Waals surface area contributed by atoms with Gasteiger partial charge in [-0.3, -0.25) is 0 Å². The van der Waals surface area contributed by atoms with Crippen LogP contribution in [0.5, 0.6) is 0 Å². The fourth-order valence-electron chi connectivity index (χ4n) is 2.33. The fourth-order valence-corrected chi connectivity index (χ4v) is 2.33. The summed E-state index contributed by atoms with van der Waals surface area (Å²) in [6.07, 6.45) is 1.03. The summed E-state index contributed by atoms with van der Waals surface area (Å²) < 4.78 is 0. The van der Waals surface area contributed by atoms with Crippen LogP contribution in [-0.4, -0.2) is 5.97 Å². The molecule has 0 fully saturated rings. The molecule has 0 saturated heterocycles. The first-order valence-corrected chi connectivity index (χ1v) is 8.49. The van der Waals surface area contributed by atoms with E-state index in [4.69, 9.17) is 0 Å². The maximum Gasteiger partial charge on any atom is 0.107 e. The zero-order valence-corrected chi connectivity index (χ0v) is 15.2. The molecule has 0 saturated carbocycles. The minimum Gasteiger partial charge on any atom is -0.550 e. The Kier molecular flexibility index (Phi) is 8.20. The number of carboxylic acid groups (broad SMARTS) is 1. The van der Waals surface area contributed by atoms with Crippen molar-refractivity contribution in [1.29, 1.82) is 0 Å². The van der Waals surface area contributed by atoms with Crippen molar-refractivity contribution in [3.8, 4) is 0 Å². The normalized spacial score (nSPS) is 12.9. The number of rotatable bonds is 5. The van der Waals surface area contributed by atoms with E-state index in [1.165, 1.54) is 11.1 Å². The van der Waals surface area contributed by atoms with E-state index in [9.17, 15) is 9.90 Å². The third-order valence-corrected chi connectivity index (χ3v) is 3.85. The van der Waals surface area contributed by atoms with Gasteiger partial charge < -0.3 is 15.6 Å². The lowest BCUT2D eigenvalue weighted by Gasteiger charge is -2.13. The third kappa shape index (κ3) is 6.97. The van der Waals surface area contributed by atoms with E-state index in [2.05, 4.69) is 38.6 Å². The molecule has 3 N–H and O–H groups in total. The summed E-state index contributed by atoms with van der Waals surface area (Å²) in [5, 5.41) is 10.7. The van der Waals surface area contributed by atoms with Crippen LogP contribution in [0.2, 0.25) is 0 Å². The van der Waals surface area contributed by atoms with E-state index in [-0.39, 0.29) is 0 Å². The number of hydrogen-bond donors (Lipinski definition) is 1. The second kappa shape index (κ2) is 9.89. The summed E-state index contributed by atoms with van der Waals surface area (Å²) >= 11 is 0. The molecule has 130 valence electrons. The molecule has 0 unspecified atom stereocenters. The zero-order valence-electron chi connectivity index (χ0n) is 15.2. The van der Waals surface area contributed by atoms with Gasteiger partial charge in [0, 0.05) is 17.5 Å². The monoisotopic (exact) mass is 327 g/mol. The molecule has 0 heterocycles. The van der Waals surface area contributed by atoms with E-state index < -0.39 is 11.9 Å². The van der Waals surface area contributed by atoms with E-state index in [0.717, 1.165) is 12.0 Å². The van der Waals surface area contributed by atoms with Crippen LogP contribution in [-0.2, 0) is 11.2 Å². The Morgan fingerprint density at radius 3 is 1.83 bits per heavy atom. The van der Waals surface area contributed by atoms with E-state index in [1.54, 1.807) is 6.92 Å². The molecule has 2 aromatic carbocycles. The lowest BCUT2D eigenvalue weighted by Crippen LogP contribution is -2.51. The van der Waals surface area contributed by atoms with Crippen molar-refractivity contribution in [3.05, 3.63) is 71.3 Å². The van der Waals surface area contributed by atoms with Crippen LogP contribution in [0.3, 0.4) is 0 Å². The lowest BCUT2D eigenvalue weighted by molar-refractivity contribution is -0.420. The number of benzene rings is 2. The number of quaternary nitrogens is 1. The highest BCUT2D eigenvalue weighted by atomic mass is 16.4. The summed E-state index contributed by atoms with van der Waals surface area (Å²) in [6.45, 7) is 8.07. The predicted octanol–water partition coefficient (Wildman–Crippen LogP) is 2.73. The molecule has 2 atom stereocenters. The van der Waals surface area contributed by atoms with Crippen LogP contribution in [0, 0.1) is 5.92 Å². The van der Waals surface area contributed by atoms with E-state index in [0.29, 0.717) is 12.0 Å². The SMILES string of the molecule is CC(C)Cc1ccc([C@H](C)C(=O)[O-])cc1.C[C@H]([NH3+])c1ccccc1. The molecule has 3 nitrogen and oxygen atoms in total. The van der Waals surface area contributed by atoms with Gasteiger partial charge >= 0.3 is 0 Å². The molecule has 0 aliphatic heterocycles. The highest BCUT2D eigenvalue weighted by Crippen LogP contribution is 2.16. The summed E-state index contributed by atoms with van der Waals surface area (Å²) in [4.78, 5) is 10.7. The van der Waals surface area contributed by atoms with Crippen molar-refractivity contribution in [2.75, 3.05) is 0 Å². The first-order chi connectivity index (χ1) is 11.3. The largest absolute Gasteiger partial charge is 0.550 e. The van der Waals surface area contributed by atoms with Crippen molar-refractivity contribution < 1.29 is 15.6 Å². The number of carboxylic acids is 1. The van der Waals surface area contributed by atoms with Gasteiger partial charge in [-0.1, -0.05) is 75.4 Å². The average molecular weight is 327 g/mol. The third-order valence-electron chi connectivity index (χ3n) is 3.85. The van der Waals surface area contributed by atoms with Crippen LogP contribution in [0.15, 0.2) is 54.6 Å². The number of carbonyl (C=O) groups excluding carboxylic acids is 1. The molecule has 0 bridgehead atoms. The first-order valence-electron chi connectivity index (χ1n) is 8.49. The predicted molar refractivity (Wildman–Crippen MR) is 96.2 cm³/mol. The summed E-state index contributed by atoms with van der Waals surface area (Å²) in [7, 11) is 0. The van der Waals surface area contributed by atoms with Crippen molar-refractivity contribution in [3.63, 3.8) is 0 Å². The van der Waals surface area contributed by atoms with Crippen LogP contribution < -0.4 is 10.8 Å². The smallest absolute Gasteiger partial charge is 0.107 e. The van der Waals surface area contributed by atoms with Crippen LogP contribution in [0.1, 0.15) is 56.3 Å². The van der Waals surface area contributed by atoms with E-state index in [1.807, 2.05) is 42.5 Å². The minimum atomic E-state index is -1.02. The van der Waals surface area contributed by atoms with Crippen molar-refractivity contribution in [2.45, 2.75) is 46.1 Å². The lowest BCUT2D eigenvalue weighted by atomic mass is 9.97. The van der Waals surface area contributed by atoms with Gasteiger partial charge in [-0.05, 0) is 30.4 Å². The minimum absolute atomic E-state index is 0.409. The Morgan fingerprint density at radius 1 is 0.917 bits per heavy atom. The molecule has 0 radical (unpaired) electrons. The molecule has 0 aromatic heterocycles. The maximum atomic E-state index is 10.7. The quantitative estimate of drug-likeness (QED) is 0.917. The molecular weight excluding hydrogens is 298 g/mol. The topological polar surface area (TPSA) is 67.8 Å². The van der Waals surface area contributed by atoms with Gasteiger partial charge in [-0.25, -0.2) is 0 Å².